The molecule has 2 saturated heterocycles. The number of urea groups is 2. The Morgan fingerprint density at radius 1 is 1.00 bits per heavy atom. The second-order valence-electron chi connectivity index (χ2n) is 7.66. The number of nitrogens with zero attached hydrogens (tertiary/aromatic N) is 3. The van der Waals surface area contributed by atoms with Crippen LogP contribution in [-0.4, -0.2) is 59.0 Å². The van der Waals surface area contributed by atoms with E-state index in [-0.39, 0.29) is 17.8 Å². The van der Waals surface area contributed by atoms with Crippen molar-refractivity contribution >= 4 is 17.7 Å². The summed E-state index contributed by atoms with van der Waals surface area (Å²) in [5, 5.41) is 2.49. The van der Waals surface area contributed by atoms with E-state index >= 15 is 0 Å². The summed E-state index contributed by atoms with van der Waals surface area (Å²) in [5.74, 6) is -1.50. The maximum absolute atomic E-state index is 13.8. The highest BCUT2D eigenvalue weighted by Crippen LogP contribution is 2.23. The summed E-state index contributed by atoms with van der Waals surface area (Å²) in [7, 11) is 0. The summed E-state index contributed by atoms with van der Waals surface area (Å²) in [5.41, 5.74) is 1.06. The third kappa shape index (κ3) is 4.37. The van der Waals surface area contributed by atoms with E-state index in [9.17, 15) is 18.4 Å². The minimum Gasteiger partial charge on any atom is -0.324 e. The van der Waals surface area contributed by atoms with Crippen LogP contribution < -0.4 is 5.32 Å². The number of piperidine rings is 1. The number of carbonyl (C=O) groups excluding carboxylic acids is 2. The van der Waals surface area contributed by atoms with Crippen molar-refractivity contribution in [2.45, 2.75) is 25.4 Å². The predicted octanol–water partition coefficient (Wildman–Crippen LogP) is 3.90. The fourth-order valence-corrected chi connectivity index (χ4v) is 4.06. The number of carbonyl (C=O) groups is 2. The van der Waals surface area contributed by atoms with E-state index in [1.54, 1.807) is 4.90 Å². The Balaban J connectivity index is 1.29. The number of amides is 4. The van der Waals surface area contributed by atoms with Gasteiger partial charge in [-0.05, 0) is 30.5 Å². The van der Waals surface area contributed by atoms with Gasteiger partial charge in [0.05, 0.1) is 5.69 Å². The highest BCUT2D eigenvalue weighted by atomic mass is 19.1. The van der Waals surface area contributed by atoms with Crippen molar-refractivity contribution in [1.29, 1.82) is 0 Å². The molecule has 0 unspecified atom stereocenters. The van der Waals surface area contributed by atoms with Crippen LogP contribution in [0.5, 0.6) is 0 Å². The lowest BCUT2D eigenvalue weighted by atomic mass is 10.0. The molecule has 8 heteroatoms. The lowest BCUT2D eigenvalue weighted by Crippen LogP contribution is -2.49. The zero-order chi connectivity index (χ0) is 21.1. The van der Waals surface area contributed by atoms with Gasteiger partial charge in [-0.1, -0.05) is 30.3 Å². The van der Waals surface area contributed by atoms with E-state index < -0.39 is 17.7 Å². The Morgan fingerprint density at radius 2 is 1.73 bits per heavy atom. The monoisotopic (exact) mass is 414 g/mol. The average molecular weight is 414 g/mol. The molecule has 2 aromatic carbocycles. The highest BCUT2D eigenvalue weighted by Gasteiger charge is 2.36. The van der Waals surface area contributed by atoms with Crippen LogP contribution in [-0.2, 0) is 6.54 Å². The third-order valence-electron chi connectivity index (χ3n) is 5.71. The minimum absolute atomic E-state index is 0.0372. The number of benzene rings is 2. The van der Waals surface area contributed by atoms with E-state index in [0.29, 0.717) is 45.6 Å². The molecule has 0 aliphatic carbocycles. The molecule has 0 radical (unpaired) electrons. The second kappa shape index (κ2) is 8.69. The standard InChI is InChI=1S/C22H24F2N4O2/c23-17-6-7-20(19(24)14-17)25-21(29)26-10-8-18(9-11-26)28-13-12-27(22(28)30)15-16-4-2-1-3-5-16/h1-7,14,18H,8-13,15H2,(H,25,29). The summed E-state index contributed by atoms with van der Waals surface area (Å²) < 4.78 is 26.8. The Labute approximate surface area is 174 Å². The van der Waals surface area contributed by atoms with Crippen LogP contribution in [0.3, 0.4) is 0 Å². The maximum Gasteiger partial charge on any atom is 0.321 e. The molecule has 1 N–H and O–H groups in total. The molecule has 158 valence electrons. The van der Waals surface area contributed by atoms with E-state index in [4.69, 9.17) is 0 Å². The Hall–Kier alpha value is -3.16. The van der Waals surface area contributed by atoms with Gasteiger partial charge in [0, 0.05) is 44.8 Å². The van der Waals surface area contributed by atoms with Crippen molar-refractivity contribution < 1.29 is 18.4 Å². The summed E-state index contributed by atoms with van der Waals surface area (Å²) in [6.07, 6.45) is 1.34. The Morgan fingerprint density at radius 3 is 2.43 bits per heavy atom. The number of nitrogens with one attached hydrogen (secondary N) is 1. The van der Waals surface area contributed by atoms with E-state index in [1.807, 2.05) is 40.1 Å². The third-order valence-corrected chi connectivity index (χ3v) is 5.71. The molecule has 30 heavy (non-hydrogen) atoms. The van der Waals surface area contributed by atoms with Gasteiger partial charge < -0.3 is 20.0 Å². The maximum atomic E-state index is 13.8. The van der Waals surface area contributed by atoms with Crippen LogP contribution in [0.25, 0.3) is 0 Å². The molecule has 6 nitrogen and oxygen atoms in total. The number of halogens is 2. The average Bonchev–Trinajstić information content (AvgIpc) is 3.11. The van der Waals surface area contributed by atoms with Crippen LogP contribution in [0.1, 0.15) is 18.4 Å². The molecular weight excluding hydrogens is 390 g/mol. The van der Waals surface area contributed by atoms with Gasteiger partial charge in [-0.2, -0.15) is 0 Å². The highest BCUT2D eigenvalue weighted by molar-refractivity contribution is 5.89. The molecule has 0 spiro atoms. The fraction of sp³-hybridized carbons (Fsp3) is 0.364. The topological polar surface area (TPSA) is 55.9 Å². The number of likely N-dealkylation sites (tertiary alicyclic amines) is 1. The number of hydrogen-bond donors (Lipinski definition) is 1. The minimum atomic E-state index is -0.806. The molecule has 4 amide bonds. The van der Waals surface area contributed by atoms with Crippen LogP contribution in [0.15, 0.2) is 48.5 Å². The zero-order valence-corrected chi connectivity index (χ0v) is 16.6. The van der Waals surface area contributed by atoms with Crippen LogP contribution in [0.4, 0.5) is 24.1 Å². The molecule has 2 aliphatic heterocycles. The molecule has 4 rings (SSSR count). The number of hydrogen-bond acceptors (Lipinski definition) is 2. The van der Waals surface area contributed by atoms with Crippen molar-refractivity contribution in [3.63, 3.8) is 0 Å². The van der Waals surface area contributed by atoms with Gasteiger partial charge in [-0.15, -0.1) is 0 Å². The van der Waals surface area contributed by atoms with Gasteiger partial charge >= 0.3 is 12.1 Å². The smallest absolute Gasteiger partial charge is 0.321 e. The summed E-state index contributed by atoms with van der Waals surface area (Å²) in [6, 6.07) is 12.7. The van der Waals surface area contributed by atoms with E-state index in [0.717, 1.165) is 17.7 Å². The first-order chi connectivity index (χ1) is 14.5. The summed E-state index contributed by atoms with van der Waals surface area (Å²) in [4.78, 5) is 30.6. The number of anilines is 1. The van der Waals surface area contributed by atoms with Gasteiger partial charge in [0.25, 0.3) is 0 Å². The van der Waals surface area contributed by atoms with Gasteiger partial charge in [0.15, 0.2) is 0 Å². The van der Waals surface area contributed by atoms with Gasteiger partial charge in [-0.25, -0.2) is 18.4 Å². The first-order valence-corrected chi connectivity index (χ1v) is 10.1. The lowest BCUT2D eigenvalue weighted by molar-refractivity contribution is 0.139. The molecule has 2 heterocycles. The van der Waals surface area contributed by atoms with Crippen molar-refractivity contribution in [3.05, 3.63) is 65.7 Å². The first kappa shape index (κ1) is 20.1. The van der Waals surface area contributed by atoms with Crippen LogP contribution in [0, 0.1) is 11.6 Å². The molecule has 0 aromatic heterocycles. The predicted molar refractivity (Wildman–Crippen MR) is 109 cm³/mol. The Kier molecular flexibility index (Phi) is 5.83. The molecule has 0 saturated carbocycles. The van der Waals surface area contributed by atoms with Crippen molar-refractivity contribution in [2.24, 2.45) is 0 Å². The molecule has 0 bridgehead atoms. The van der Waals surface area contributed by atoms with Crippen LogP contribution >= 0.6 is 0 Å². The molecule has 2 fully saturated rings. The number of rotatable bonds is 4. The van der Waals surface area contributed by atoms with Crippen LogP contribution in [0.2, 0.25) is 0 Å². The van der Waals surface area contributed by atoms with Gasteiger partial charge in [-0.3, -0.25) is 0 Å². The summed E-state index contributed by atoms with van der Waals surface area (Å²) >= 11 is 0. The molecule has 2 aromatic rings. The summed E-state index contributed by atoms with van der Waals surface area (Å²) in [6.45, 7) is 2.92. The molecule has 2 aliphatic rings. The largest absolute Gasteiger partial charge is 0.324 e. The van der Waals surface area contributed by atoms with Crippen molar-refractivity contribution in [2.75, 3.05) is 31.5 Å². The second-order valence-corrected chi connectivity index (χ2v) is 7.66. The zero-order valence-electron chi connectivity index (χ0n) is 16.6. The van der Waals surface area contributed by atoms with Crippen molar-refractivity contribution in [3.8, 4) is 0 Å². The van der Waals surface area contributed by atoms with Gasteiger partial charge in [0.1, 0.15) is 11.6 Å². The Bertz CT molecular complexity index is 917. The van der Waals surface area contributed by atoms with E-state index in [2.05, 4.69) is 5.32 Å². The molecular formula is C22H24F2N4O2. The van der Waals surface area contributed by atoms with E-state index in [1.165, 1.54) is 6.07 Å². The van der Waals surface area contributed by atoms with Crippen molar-refractivity contribution in [1.82, 2.24) is 14.7 Å². The normalized spacial score (nSPS) is 17.5. The quantitative estimate of drug-likeness (QED) is 0.825. The SMILES string of the molecule is O=C(Nc1ccc(F)cc1F)N1CCC(N2CCN(Cc3ccccc3)C2=O)CC1. The van der Waals surface area contributed by atoms with Gasteiger partial charge in [0.2, 0.25) is 0 Å². The molecule has 0 atom stereocenters. The lowest BCUT2D eigenvalue weighted by Gasteiger charge is -2.36. The first-order valence-electron chi connectivity index (χ1n) is 10.1. The fourth-order valence-electron chi connectivity index (χ4n) is 4.06.